The number of carbonyl (C=O) groups excluding carboxylic acids is 2. The molecule has 7 nitrogen and oxygen atoms in total. The molecule has 0 atom stereocenters. The number of carbonyl (C=O) groups is 2. The van der Waals surface area contributed by atoms with Crippen LogP contribution in [-0.2, 0) is 10.8 Å². The van der Waals surface area contributed by atoms with E-state index >= 15 is 0 Å². The molecule has 0 bridgehead atoms. The van der Waals surface area contributed by atoms with Crippen LogP contribution in [0.1, 0.15) is 88.7 Å². The standard InChI is InChI=1S/C38H46N2O5/c1-7-37(3,4)26-20-21-32(31(24-26)38(5,6)8-2)44-23-15-14-22-39-35(42)30-25-33(28-18-12-13-19-29(28)34(30)41)45-36(43)40-27-16-10-9-11-17-27/h9-13,16-21,24-25,41H,7-8,14-15,22-23H2,1-6H3,(H,39,42)(H,40,43). The molecule has 0 unspecified atom stereocenters. The summed E-state index contributed by atoms with van der Waals surface area (Å²) in [6, 6.07) is 23.9. The van der Waals surface area contributed by atoms with Crippen LogP contribution in [0.25, 0.3) is 10.8 Å². The van der Waals surface area contributed by atoms with Gasteiger partial charge in [0.2, 0.25) is 0 Å². The van der Waals surface area contributed by atoms with Crippen LogP contribution in [0, 0.1) is 0 Å². The molecule has 2 amide bonds. The number of phenols is 1. The molecule has 0 aliphatic heterocycles. The van der Waals surface area contributed by atoms with Gasteiger partial charge in [-0.2, -0.15) is 0 Å². The lowest BCUT2D eigenvalue weighted by atomic mass is 9.76. The van der Waals surface area contributed by atoms with Crippen LogP contribution in [0.15, 0.2) is 78.9 Å². The molecule has 0 saturated heterocycles. The molecule has 0 fully saturated rings. The summed E-state index contributed by atoms with van der Waals surface area (Å²) < 4.78 is 11.9. The van der Waals surface area contributed by atoms with E-state index in [0.29, 0.717) is 36.0 Å². The summed E-state index contributed by atoms with van der Waals surface area (Å²) in [6.45, 7) is 14.4. The van der Waals surface area contributed by atoms with Crippen molar-refractivity contribution in [3.05, 3.63) is 95.6 Å². The van der Waals surface area contributed by atoms with E-state index in [9.17, 15) is 14.7 Å². The summed E-state index contributed by atoms with van der Waals surface area (Å²) in [5.41, 5.74) is 3.23. The van der Waals surface area contributed by atoms with Crippen molar-refractivity contribution in [2.45, 2.75) is 78.1 Å². The van der Waals surface area contributed by atoms with Crippen LogP contribution in [-0.4, -0.2) is 30.3 Å². The van der Waals surface area contributed by atoms with Crippen molar-refractivity contribution in [3.8, 4) is 17.2 Å². The number of nitrogens with one attached hydrogen (secondary N) is 2. The van der Waals surface area contributed by atoms with E-state index < -0.39 is 12.0 Å². The lowest BCUT2D eigenvalue weighted by molar-refractivity contribution is 0.0949. The topological polar surface area (TPSA) is 96.9 Å². The van der Waals surface area contributed by atoms with Gasteiger partial charge in [-0.1, -0.05) is 96.1 Å². The molecule has 238 valence electrons. The molecule has 0 aromatic heterocycles. The van der Waals surface area contributed by atoms with Crippen molar-refractivity contribution in [2.24, 2.45) is 0 Å². The highest BCUT2D eigenvalue weighted by Crippen LogP contribution is 2.39. The lowest BCUT2D eigenvalue weighted by Crippen LogP contribution is -2.25. The first-order valence-corrected chi connectivity index (χ1v) is 15.8. The molecule has 4 aromatic rings. The number of anilines is 1. The van der Waals surface area contributed by atoms with Gasteiger partial charge in [0.05, 0.1) is 12.2 Å². The van der Waals surface area contributed by atoms with Crippen LogP contribution in [0.5, 0.6) is 17.2 Å². The molecule has 4 rings (SSSR count). The van der Waals surface area contributed by atoms with Gasteiger partial charge in [-0.05, 0) is 66.3 Å². The van der Waals surface area contributed by atoms with Crippen molar-refractivity contribution in [1.82, 2.24) is 5.32 Å². The zero-order chi connectivity index (χ0) is 32.6. The fourth-order valence-electron chi connectivity index (χ4n) is 5.06. The van der Waals surface area contributed by atoms with Crippen molar-refractivity contribution in [1.29, 1.82) is 0 Å². The average molecular weight is 611 g/mol. The second kappa shape index (κ2) is 14.5. The third-order valence-corrected chi connectivity index (χ3v) is 8.82. The predicted molar refractivity (Wildman–Crippen MR) is 182 cm³/mol. The Kier molecular flexibility index (Phi) is 10.8. The van der Waals surface area contributed by atoms with Crippen LogP contribution >= 0.6 is 0 Å². The van der Waals surface area contributed by atoms with Crippen molar-refractivity contribution in [2.75, 3.05) is 18.5 Å². The molecule has 0 heterocycles. The van der Waals surface area contributed by atoms with Crippen molar-refractivity contribution in [3.63, 3.8) is 0 Å². The Morgan fingerprint density at radius 1 is 0.778 bits per heavy atom. The van der Waals surface area contributed by atoms with Crippen LogP contribution in [0.2, 0.25) is 0 Å². The first-order valence-electron chi connectivity index (χ1n) is 15.8. The average Bonchev–Trinajstić information content (AvgIpc) is 3.04. The molecular weight excluding hydrogens is 564 g/mol. The summed E-state index contributed by atoms with van der Waals surface area (Å²) in [6.07, 6.45) is 2.79. The van der Waals surface area contributed by atoms with E-state index in [-0.39, 0.29) is 27.9 Å². The van der Waals surface area contributed by atoms with Gasteiger partial charge in [0.1, 0.15) is 17.2 Å². The van der Waals surface area contributed by atoms with E-state index in [1.165, 1.54) is 17.2 Å². The molecule has 0 saturated carbocycles. The van der Waals surface area contributed by atoms with Gasteiger partial charge in [-0.25, -0.2) is 4.79 Å². The Morgan fingerprint density at radius 2 is 1.44 bits per heavy atom. The number of rotatable bonds is 13. The van der Waals surface area contributed by atoms with Gasteiger partial charge in [0, 0.05) is 28.6 Å². The van der Waals surface area contributed by atoms with E-state index in [4.69, 9.17) is 9.47 Å². The van der Waals surface area contributed by atoms with Crippen LogP contribution in [0.4, 0.5) is 10.5 Å². The van der Waals surface area contributed by atoms with Gasteiger partial charge >= 0.3 is 6.09 Å². The Balaban J connectivity index is 1.38. The highest BCUT2D eigenvalue weighted by molar-refractivity contribution is 6.06. The SMILES string of the molecule is CCC(C)(C)c1ccc(OCCCCNC(=O)c2cc(OC(=O)Nc3ccccc3)c3ccccc3c2O)c(C(C)(C)CC)c1. The monoisotopic (exact) mass is 610 g/mol. The maximum atomic E-state index is 13.2. The van der Waals surface area contributed by atoms with Gasteiger partial charge in [0.25, 0.3) is 5.91 Å². The summed E-state index contributed by atoms with van der Waals surface area (Å²) in [7, 11) is 0. The lowest BCUT2D eigenvalue weighted by Gasteiger charge is -2.30. The molecule has 0 spiro atoms. The fourth-order valence-corrected chi connectivity index (χ4v) is 5.06. The number of aromatic hydroxyl groups is 1. The molecular formula is C38H46N2O5. The minimum Gasteiger partial charge on any atom is -0.506 e. The summed E-state index contributed by atoms with van der Waals surface area (Å²) in [5.74, 6) is 0.470. The third-order valence-electron chi connectivity index (χ3n) is 8.82. The first kappa shape index (κ1) is 33.4. The van der Waals surface area contributed by atoms with Crippen molar-refractivity contribution >= 4 is 28.5 Å². The summed E-state index contributed by atoms with van der Waals surface area (Å²) in [4.78, 5) is 25.8. The van der Waals surface area contributed by atoms with Gasteiger partial charge < -0.3 is 19.9 Å². The predicted octanol–water partition coefficient (Wildman–Crippen LogP) is 9.12. The molecule has 0 radical (unpaired) electrons. The molecule has 4 aromatic carbocycles. The maximum Gasteiger partial charge on any atom is 0.417 e. The van der Waals surface area contributed by atoms with Gasteiger partial charge in [0.15, 0.2) is 0 Å². The number of amides is 2. The van der Waals surface area contributed by atoms with Crippen molar-refractivity contribution < 1.29 is 24.2 Å². The van der Waals surface area contributed by atoms with Gasteiger partial charge in [-0.15, -0.1) is 0 Å². The quantitative estimate of drug-likeness (QED) is 0.131. The van der Waals surface area contributed by atoms with Gasteiger partial charge in [-0.3, -0.25) is 10.1 Å². The molecule has 7 heteroatoms. The van der Waals surface area contributed by atoms with Crippen LogP contribution in [0.3, 0.4) is 0 Å². The zero-order valence-electron chi connectivity index (χ0n) is 27.3. The Hall–Kier alpha value is -4.52. The second-order valence-corrected chi connectivity index (χ2v) is 12.7. The Bertz CT molecular complexity index is 1630. The molecule has 0 aliphatic carbocycles. The highest BCUT2D eigenvalue weighted by Gasteiger charge is 2.26. The number of hydrogen-bond donors (Lipinski definition) is 3. The number of fused-ring (bicyclic) bond motifs is 1. The normalized spacial score (nSPS) is 11.7. The third kappa shape index (κ3) is 8.15. The smallest absolute Gasteiger partial charge is 0.417 e. The number of para-hydroxylation sites is 1. The number of ether oxygens (including phenoxy) is 2. The van der Waals surface area contributed by atoms with E-state index in [1.54, 1.807) is 48.5 Å². The first-order chi connectivity index (χ1) is 21.5. The highest BCUT2D eigenvalue weighted by atomic mass is 16.6. The number of phenolic OH excluding ortho intramolecular Hbond substituents is 1. The maximum absolute atomic E-state index is 13.2. The molecule has 0 aliphatic rings. The summed E-state index contributed by atoms with van der Waals surface area (Å²) in [5, 5.41) is 17.4. The zero-order valence-corrected chi connectivity index (χ0v) is 27.3. The minimum atomic E-state index is -0.697. The van der Waals surface area contributed by atoms with E-state index in [2.05, 4.69) is 70.4 Å². The Labute approximate surface area is 267 Å². The second-order valence-electron chi connectivity index (χ2n) is 12.7. The van der Waals surface area contributed by atoms with Crippen LogP contribution < -0.4 is 20.1 Å². The molecule has 45 heavy (non-hydrogen) atoms. The fraction of sp³-hybridized carbons (Fsp3) is 0.368. The molecule has 3 N–H and O–H groups in total. The van der Waals surface area contributed by atoms with E-state index in [0.717, 1.165) is 25.0 Å². The Morgan fingerprint density at radius 3 is 2.13 bits per heavy atom. The minimum absolute atomic E-state index is 0.0181. The largest absolute Gasteiger partial charge is 0.506 e. The number of hydrogen-bond acceptors (Lipinski definition) is 5. The van der Waals surface area contributed by atoms with E-state index in [1.807, 2.05) is 6.07 Å². The number of unbranched alkanes of at least 4 members (excludes halogenated alkanes) is 1. The number of benzene rings is 4. The summed E-state index contributed by atoms with van der Waals surface area (Å²) >= 11 is 0.